The molecule has 0 aliphatic carbocycles. The van der Waals surface area contributed by atoms with Crippen molar-refractivity contribution in [2.24, 2.45) is 5.92 Å². The summed E-state index contributed by atoms with van der Waals surface area (Å²) in [7, 11) is 0. The number of anilines is 1. The summed E-state index contributed by atoms with van der Waals surface area (Å²) in [4.78, 5) is 18.5. The predicted molar refractivity (Wildman–Crippen MR) is 112 cm³/mol. The smallest absolute Gasteiger partial charge is 0.222 e. The van der Waals surface area contributed by atoms with Crippen molar-refractivity contribution in [1.82, 2.24) is 20.1 Å². The highest BCUT2D eigenvalue weighted by Crippen LogP contribution is 2.35. The van der Waals surface area contributed by atoms with Gasteiger partial charge in [0.05, 0.1) is 11.2 Å². The highest BCUT2D eigenvalue weighted by Gasteiger charge is 2.36. The van der Waals surface area contributed by atoms with E-state index >= 15 is 0 Å². The molecule has 0 radical (unpaired) electrons. The van der Waals surface area contributed by atoms with Gasteiger partial charge in [0.2, 0.25) is 5.91 Å². The van der Waals surface area contributed by atoms with Crippen molar-refractivity contribution in [3.8, 4) is 0 Å². The van der Waals surface area contributed by atoms with Gasteiger partial charge in [0.25, 0.3) is 0 Å². The molecular formula is C22H33N5O. The van der Waals surface area contributed by atoms with Crippen LogP contribution in [-0.2, 0) is 16.8 Å². The Morgan fingerprint density at radius 3 is 2.61 bits per heavy atom. The molecule has 0 spiro atoms. The monoisotopic (exact) mass is 383 g/mol. The van der Waals surface area contributed by atoms with Gasteiger partial charge in [-0.15, -0.1) is 0 Å². The van der Waals surface area contributed by atoms with Crippen LogP contribution in [0, 0.1) is 26.7 Å². The maximum atomic E-state index is 11.4. The van der Waals surface area contributed by atoms with E-state index in [4.69, 9.17) is 0 Å². The van der Waals surface area contributed by atoms with Crippen LogP contribution in [-0.4, -0.2) is 39.1 Å². The fourth-order valence-electron chi connectivity index (χ4n) is 4.55. The summed E-state index contributed by atoms with van der Waals surface area (Å²) >= 11 is 0. The molecule has 1 aliphatic heterocycles. The van der Waals surface area contributed by atoms with E-state index in [1.165, 1.54) is 25.3 Å². The van der Waals surface area contributed by atoms with Crippen LogP contribution in [0.1, 0.15) is 61.8 Å². The average molecular weight is 384 g/mol. The van der Waals surface area contributed by atoms with Crippen molar-refractivity contribution in [2.45, 2.75) is 66.3 Å². The number of rotatable bonds is 5. The van der Waals surface area contributed by atoms with E-state index in [-0.39, 0.29) is 11.4 Å². The minimum atomic E-state index is -0.170. The second-order valence-electron chi connectivity index (χ2n) is 8.73. The van der Waals surface area contributed by atoms with Crippen LogP contribution in [0.15, 0.2) is 12.1 Å². The van der Waals surface area contributed by atoms with E-state index in [1.54, 1.807) is 0 Å². The van der Waals surface area contributed by atoms with Gasteiger partial charge in [0, 0.05) is 30.4 Å². The molecule has 6 heteroatoms. The summed E-state index contributed by atoms with van der Waals surface area (Å²) in [6.45, 7) is 14.3. The molecule has 0 unspecified atom stereocenters. The van der Waals surface area contributed by atoms with Crippen LogP contribution < -0.4 is 5.32 Å². The van der Waals surface area contributed by atoms with Gasteiger partial charge in [-0.1, -0.05) is 0 Å². The number of carbonyl (C=O) groups is 1. The van der Waals surface area contributed by atoms with Crippen LogP contribution in [0.25, 0.3) is 0 Å². The van der Waals surface area contributed by atoms with E-state index in [0.717, 1.165) is 42.2 Å². The van der Waals surface area contributed by atoms with E-state index in [2.05, 4.69) is 65.2 Å². The summed E-state index contributed by atoms with van der Waals surface area (Å²) in [6, 6.07) is 4.44. The van der Waals surface area contributed by atoms with Gasteiger partial charge in [-0.05, 0) is 84.0 Å². The van der Waals surface area contributed by atoms with Crippen LogP contribution >= 0.6 is 0 Å². The lowest BCUT2D eigenvalue weighted by Gasteiger charge is -2.43. The second kappa shape index (κ2) is 8.03. The van der Waals surface area contributed by atoms with Crippen molar-refractivity contribution in [3.63, 3.8) is 0 Å². The zero-order valence-corrected chi connectivity index (χ0v) is 18.0. The molecule has 28 heavy (non-hydrogen) atoms. The number of H-pyrrole nitrogens is 1. The van der Waals surface area contributed by atoms with E-state index in [1.807, 2.05) is 6.92 Å². The van der Waals surface area contributed by atoms with Gasteiger partial charge in [0.15, 0.2) is 5.82 Å². The molecule has 1 saturated heterocycles. The quantitative estimate of drug-likeness (QED) is 0.822. The Kier molecular flexibility index (Phi) is 5.89. The molecular weight excluding hydrogens is 350 g/mol. The third-order valence-electron chi connectivity index (χ3n) is 5.89. The number of hydrogen-bond donors (Lipinski definition) is 2. The summed E-state index contributed by atoms with van der Waals surface area (Å²) in [5.74, 6) is 1.17. The van der Waals surface area contributed by atoms with Crippen LogP contribution in [0.2, 0.25) is 0 Å². The van der Waals surface area contributed by atoms with Crippen LogP contribution in [0.3, 0.4) is 0 Å². The lowest BCUT2D eigenvalue weighted by atomic mass is 9.86. The first-order valence-electron chi connectivity index (χ1n) is 10.2. The lowest BCUT2D eigenvalue weighted by Crippen LogP contribution is -2.48. The minimum Gasteiger partial charge on any atom is -0.309 e. The van der Waals surface area contributed by atoms with Gasteiger partial charge < -0.3 is 5.32 Å². The number of carbonyl (C=O) groups excluding carboxylic acids is 1. The summed E-state index contributed by atoms with van der Waals surface area (Å²) in [6.07, 6.45) is 3.55. The standard InChI is InChI=1S/C22H33N5O/c1-14-10-19(11-15(2)23-14)12-18-8-7-9-27(13-18)22(5,6)20-16(3)21(26-25-20)24-17(4)28/h10-11,18H,7-9,12-13H2,1-6H3,(H2,24,25,26,28)/t18-/m1/s1. The zero-order valence-electron chi connectivity index (χ0n) is 18.0. The molecule has 2 N–H and O–H groups in total. The molecule has 2 aromatic heterocycles. The molecule has 3 rings (SSSR count). The molecule has 3 heterocycles. The predicted octanol–water partition coefficient (Wildman–Crippen LogP) is 3.88. The SMILES string of the molecule is CC(=O)Nc1n[nH]c(C(C)(C)N2CCC[C@H](Cc3cc(C)nc(C)c3)C2)c1C. The van der Waals surface area contributed by atoms with Gasteiger partial charge in [-0.3, -0.25) is 19.8 Å². The van der Waals surface area contributed by atoms with Gasteiger partial charge in [-0.2, -0.15) is 5.10 Å². The number of piperidine rings is 1. The average Bonchev–Trinajstić information content (AvgIpc) is 2.95. The number of aryl methyl sites for hydroxylation is 2. The Balaban J connectivity index is 1.75. The first-order valence-corrected chi connectivity index (χ1v) is 10.2. The first-order chi connectivity index (χ1) is 13.2. The third kappa shape index (κ3) is 4.43. The molecule has 0 saturated carbocycles. The maximum Gasteiger partial charge on any atom is 0.222 e. The molecule has 1 fully saturated rings. The fraction of sp³-hybridized carbons (Fsp3) is 0.591. The number of likely N-dealkylation sites (tertiary alicyclic amines) is 1. The molecule has 1 aliphatic rings. The highest BCUT2D eigenvalue weighted by molar-refractivity contribution is 5.88. The molecule has 0 aromatic carbocycles. The Hall–Kier alpha value is -2.21. The zero-order chi connectivity index (χ0) is 20.5. The Morgan fingerprint density at radius 2 is 1.96 bits per heavy atom. The molecule has 1 atom stereocenters. The second-order valence-corrected chi connectivity index (χ2v) is 8.73. The first kappa shape index (κ1) is 20.5. The van der Waals surface area contributed by atoms with Gasteiger partial charge in [0.1, 0.15) is 0 Å². The van der Waals surface area contributed by atoms with Gasteiger partial charge in [-0.25, -0.2) is 0 Å². The lowest BCUT2D eigenvalue weighted by molar-refractivity contribution is -0.114. The maximum absolute atomic E-state index is 11.4. The fourth-order valence-corrected chi connectivity index (χ4v) is 4.55. The Labute approximate surface area is 168 Å². The number of amides is 1. The Bertz CT molecular complexity index is 834. The minimum absolute atomic E-state index is 0.0973. The molecule has 6 nitrogen and oxygen atoms in total. The summed E-state index contributed by atoms with van der Waals surface area (Å²) in [5.41, 5.74) is 5.51. The largest absolute Gasteiger partial charge is 0.309 e. The van der Waals surface area contributed by atoms with Crippen molar-refractivity contribution in [1.29, 1.82) is 0 Å². The van der Waals surface area contributed by atoms with Gasteiger partial charge >= 0.3 is 0 Å². The number of nitrogens with zero attached hydrogens (tertiary/aromatic N) is 3. The van der Waals surface area contributed by atoms with Crippen molar-refractivity contribution >= 4 is 11.7 Å². The van der Waals surface area contributed by atoms with Crippen molar-refractivity contribution in [3.05, 3.63) is 40.3 Å². The third-order valence-corrected chi connectivity index (χ3v) is 5.89. The van der Waals surface area contributed by atoms with E-state index in [9.17, 15) is 4.79 Å². The topological polar surface area (TPSA) is 73.9 Å². The summed E-state index contributed by atoms with van der Waals surface area (Å²) in [5, 5.41) is 10.3. The molecule has 2 aromatic rings. The number of hydrogen-bond acceptors (Lipinski definition) is 4. The number of aromatic nitrogens is 3. The molecule has 152 valence electrons. The molecule has 1 amide bonds. The van der Waals surface area contributed by atoms with Crippen molar-refractivity contribution in [2.75, 3.05) is 18.4 Å². The van der Waals surface area contributed by atoms with Crippen molar-refractivity contribution < 1.29 is 4.79 Å². The highest BCUT2D eigenvalue weighted by atomic mass is 16.1. The Morgan fingerprint density at radius 1 is 1.29 bits per heavy atom. The van der Waals surface area contributed by atoms with Crippen LogP contribution in [0.5, 0.6) is 0 Å². The number of nitrogens with one attached hydrogen (secondary N) is 2. The van der Waals surface area contributed by atoms with E-state index in [0.29, 0.717) is 11.7 Å². The number of pyridine rings is 1. The number of aromatic amines is 1. The van der Waals surface area contributed by atoms with Crippen LogP contribution in [0.4, 0.5) is 5.82 Å². The summed E-state index contributed by atoms with van der Waals surface area (Å²) < 4.78 is 0. The van der Waals surface area contributed by atoms with E-state index < -0.39 is 0 Å². The normalized spacial score (nSPS) is 18.3. The molecule has 0 bridgehead atoms.